The largest absolute Gasteiger partial charge is 0.573 e. The highest BCUT2D eigenvalue weighted by Crippen LogP contribution is 2.23. The molecule has 0 saturated carbocycles. The van der Waals surface area contributed by atoms with Gasteiger partial charge in [0.05, 0.1) is 6.07 Å². The minimum atomic E-state index is -4.76. The molecule has 0 aliphatic heterocycles. The van der Waals surface area contributed by atoms with Crippen LogP contribution in [0.1, 0.15) is 12.0 Å². The lowest BCUT2D eigenvalue weighted by molar-refractivity contribution is -0.274. The first-order valence-electron chi connectivity index (χ1n) is 6.25. The van der Waals surface area contributed by atoms with Crippen molar-refractivity contribution < 1.29 is 27.5 Å². The fraction of sp³-hybridized carbons (Fsp3) is 0.357. The van der Waals surface area contributed by atoms with E-state index in [0.717, 1.165) is 12.1 Å². The van der Waals surface area contributed by atoms with Gasteiger partial charge in [-0.05, 0) is 24.1 Å². The molecule has 1 atom stereocenters. The van der Waals surface area contributed by atoms with Crippen molar-refractivity contribution >= 4 is 11.7 Å². The molecular formula is C14H13F3N2O3. The monoisotopic (exact) mass is 314 g/mol. The van der Waals surface area contributed by atoms with E-state index in [4.69, 9.17) is 5.26 Å². The minimum Gasteiger partial charge on any atom is -0.406 e. The van der Waals surface area contributed by atoms with E-state index in [1.165, 1.54) is 19.2 Å². The second kappa shape index (κ2) is 7.45. The Labute approximate surface area is 124 Å². The summed E-state index contributed by atoms with van der Waals surface area (Å²) in [6.07, 6.45) is -4.61. The van der Waals surface area contributed by atoms with Gasteiger partial charge in [-0.2, -0.15) is 5.26 Å². The number of halogens is 3. The number of aryl methyl sites for hydroxylation is 1. The van der Waals surface area contributed by atoms with E-state index in [0.29, 0.717) is 5.56 Å². The number of ketones is 1. The number of rotatable bonds is 6. The highest BCUT2D eigenvalue weighted by Gasteiger charge is 2.31. The number of nitrogens with zero attached hydrogens (tertiary/aromatic N) is 1. The van der Waals surface area contributed by atoms with E-state index in [1.54, 1.807) is 6.07 Å². The molecule has 1 aromatic rings. The van der Waals surface area contributed by atoms with E-state index in [1.807, 2.05) is 0 Å². The molecule has 5 nitrogen and oxygen atoms in total. The van der Waals surface area contributed by atoms with Crippen molar-refractivity contribution in [2.75, 3.05) is 7.05 Å². The van der Waals surface area contributed by atoms with Crippen LogP contribution in [0, 0.1) is 17.2 Å². The van der Waals surface area contributed by atoms with E-state index in [2.05, 4.69) is 10.1 Å². The second-order valence-corrected chi connectivity index (χ2v) is 4.33. The molecule has 22 heavy (non-hydrogen) atoms. The Morgan fingerprint density at radius 1 is 1.32 bits per heavy atom. The Bertz CT molecular complexity index is 576. The lowest BCUT2D eigenvalue weighted by Crippen LogP contribution is -2.32. The lowest BCUT2D eigenvalue weighted by atomic mass is 9.98. The molecule has 0 aromatic heterocycles. The molecule has 1 aromatic carbocycles. The first-order chi connectivity index (χ1) is 10.3. The van der Waals surface area contributed by atoms with Gasteiger partial charge in [0, 0.05) is 13.5 Å². The predicted molar refractivity (Wildman–Crippen MR) is 69.6 cm³/mol. The van der Waals surface area contributed by atoms with E-state index in [9.17, 15) is 22.8 Å². The number of nitriles is 1. The summed E-state index contributed by atoms with van der Waals surface area (Å²) in [4.78, 5) is 23.0. The minimum absolute atomic E-state index is 0.0644. The molecule has 118 valence electrons. The van der Waals surface area contributed by atoms with Crippen LogP contribution in [0.15, 0.2) is 24.3 Å². The SMILES string of the molecule is CNC(=O)[C@@H](C#N)C(=O)CCc1ccc(OC(F)(F)F)cc1. The summed E-state index contributed by atoms with van der Waals surface area (Å²) in [5.41, 5.74) is 0.594. The fourth-order valence-corrected chi connectivity index (χ4v) is 1.69. The first-order valence-corrected chi connectivity index (χ1v) is 6.25. The summed E-state index contributed by atoms with van der Waals surface area (Å²) in [6, 6.07) is 6.65. The van der Waals surface area contributed by atoms with Crippen LogP contribution in [0.2, 0.25) is 0 Å². The summed E-state index contributed by atoms with van der Waals surface area (Å²) in [6.45, 7) is 0. The Hall–Kier alpha value is -2.56. The predicted octanol–water partition coefficient (Wildman–Crippen LogP) is 1.97. The molecule has 1 rings (SSSR count). The van der Waals surface area contributed by atoms with Gasteiger partial charge in [0.2, 0.25) is 5.91 Å². The molecule has 8 heteroatoms. The molecule has 1 N–H and O–H groups in total. The van der Waals surface area contributed by atoms with Crippen LogP contribution in [0.25, 0.3) is 0 Å². The van der Waals surface area contributed by atoms with Crippen LogP contribution < -0.4 is 10.1 Å². The Morgan fingerprint density at radius 2 is 1.91 bits per heavy atom. The number of Topliss-reactive ketones (excluding diaryl/α,β-unsaturated/α-hetero) is 1. The second-order valence-electron chi connectivity index (χ2n) is 4.33. The van der Waals surface area contributed by atoms with Crippen molar-refractivity contribution in [1.29, 1.82) is 5.26 Å². The third-order valence-electron chi connectivity index (χ3n) is 2.78. The van der Waals surface area contributed by atoms with Gasteiger partial charge in [-0.3, -0.25) is 9.59 Å². The molecule has 0 radical (unpaired) electrons. The van der Waals surface area contributed by atoms with Gasteiger partial charge >= 0.3 is 6.36 Å². The standard InChI is InChI=1S/C14H13F3N2O3/c1-19-13(21)11(8-18)12(20)7-4-9-2-5-10(6-3-9)22-14(15,16)17/h2-3,5-6,11H,4,7H2,1H3,(H,19,21)/t11-/m0/s1. The Kier molecular flexibility index (Phi) is 5.92. The molecule has 0 aliphatic rings. The highest BCUT2D eigenvalue weighted by atomic mass is 19.4. The molecule has 0 bridgehead atoms. The summed E-state index contributed by atoms with van der Waals surface area (Å²) < 4.78 is 39.7. The van der Waals surface area contributed by atoms with Crippen molar-refractivity contribution in [3.63, 3.8) is 0 Å². The average molecular weight is 314 g/mol. The number of benzene rings is 1. The molecule has 0 saturated heterocycles. The van der Waals surface area contributed by atoms with E-state index >= 15 is 0 Å². The third kappa shape index (κ3) is 5.44. The zero-order valence-electron chi connectivity index (χ0n) is 11.6. The van der Waals surface area contributed by atoms with Crippen LogP contribution in [0.3, 0.4) is 0 Å². The first kappa shape index (κ1) is 17.5. The third-order valence-corrected chi connectivity index (χ3v) is 2.78. The number of hydrogen-bond donors (Lipinski definition) is 1. The van der Waals surface area contributed by atoms with Gasteiger partial charge in [0.1, 0.15) is 5.75 Å². The number of carbonyl (C=O) groups excluding carboxylic acids is 2. The summed E-state index contributed by atoms with van der Waals surface area (Å²) in [7, 11) is 1.32. The van der Waals surface area contributed by atoms with E-state index in [-0.39, 0.29) is 18.6 Å². The zero-order valence-corrected chi connectivity index (χ0v) is 11.6. The molecular weight excluding hydrogens is 301 g/mol. The quantitative estimate of drug-likeness (QED) is 0.814. The van der Waals surface area contributed by atoms with Crippen LogP contribution in [-0.4, -0.2) is 25.1 Å². The average Bonchev–Trinajstić information content (AvgIpc) is 2.45. The number of amides is 1. The van der Waals surface area contributed by atoms with Gasteiger partial charge in [0.15, 0.2) is 11.7 Å². The van der Waals surface area contributed by atoms with Crippen LogP contribution >= 0.6 is 0 Å². The highest BCUT2D eigenvalue weighted by molar-refractivity contribution is 6.03. The van der Waals surface area contributed by atoms with Crippen molar-refractivity contribution in [2.24, 2.45) is 5.92 Å². The molecule has 0 aliphatic carbocycles. The number of carbonyl (C=O) groups is 2. The Morgan fingerprint density at radius 3 is 2.36 bits per heavy atom. The summed E-state index contributed by atoms with van der Waals surface area (Å²) in [5.74, 6) is -2.96. The van der Waals surface area contributed by atoms with Crippen LogP contribution in [0.5, 0.6) is 5.75 Å². The molecule has 0 unspecified atom stereocenters. The van der Waals surface area contributed by atoms with Gasteiger partial charge in [-0.1, -0.05) is 12.1 Å². The lowest BCUT2D eigenvalue weighted by Gasteiger charge is -2.09. The maximum Gasteiger partial charge on any atom is 0.573 e. The van der Waals surface area contributed by atoms with Crippen LogP contribution in [0.4, 0.5) is 13.2 Å². The molecule has 0 spiro atoms. The van der Waals surface area contributed by atoms with Crippen molar-refractivity contribution in [1.82, 2.24) is 5.32 Å². The number of hydrogen-bond acceptors (Lipinski definition) is 4. The number of alkyl halides is 3. The fourth-order valence-electron chi connectivity index (χ4n) is 1.69. The normalized spacial score (nSPS) is 12.1. The smallest absolute Gasteiger partial charge is 0.406 e. The van der Waals surface area contributed by atoms with Crippen molar-refractivity contribution in [3.8, 4) is 11.8 Å². The van der Waals surface area contributed by atoms with E-state index < -0.39 is 24.0 Å². The molecule has 0 heterocycles. The van der Waals surface area contributed by atoms with Crippen molar-refractivity contribution in [3.05, 3.63) is 29.8 Å². The summed E-state index contributed by atoms with van der Waals surface area (Å²) in [5, 5.41) is 11.0. The molecule has 1 amide bonds. The molecule has 0 fully saturated rings. The van der Waals surface area contributed by atoms with Gasteiger partial charge in [-0.15, -0.1) is 13.2 Å². The van der Waals surface area contributed by atoms with Gasteiger partial charge in [-0.25, -0.2) is 0 Å². The topological polar surface area (TPSA) is 79.2 Å². The maximum absolute atomic E-state index is 12.0. The zero-order chi connectivity index (χ0) is 16.8. The summed E-state index contributed by atoms with van der Waals surface area (Å²) >= 11 is 0. The number of nitrogens with one attached hydrogen (secondary N) is 1. The van der Waals surface area contributed by atoms with Crippen molar-refractivity contribution in [2.45, 2.75) is 19.2 Å². The Balaban J connectivity index is 2.60. The van der Waals surface area contributed by atoms with Crippen LogP contribution in [-0.2, 0) is 16.0 Å². The van der Waals surface area contributed by atoms with Gasteiger partial charge < -0.3 is 10.1 Å². The maximum atomic E-state index is 12.0. The number of ether oxygens (including phenoxy) is 1. The van der Waals surface area contributed by atoms with Gasteiger partial charge in [0.25, 0.3) is 0 Å².